The average molecular weight is 238 g/mol. The maximum Gasteiger partial charge on any atom is 0.167 e. The molecule has 4 atom stereocenters. The van der Waals surface area contributed by atoms with E-state index in [0.717, 1.165) is 12.0 Å². The summed E-state index contributed by atoms with van der Waals surface area (Å²) >= 11 is 0. The molecule has 1 heteroatoms. The van der Waals surface area contributed by atoms with Crippen LogP contribution in [0.3, 0.4) is 0 Å². The van der Waals surface area contributed by atoms with Crippen LogP contribution >= 0.6 is 0 Å². The van der Waals surface area contributed by atoms with Crippen LogP contribution in [0.25, 0.3) is 0 Å². The predicted molar refractivity (Wildman–Crippen MR) is 73.7 cm³/mol. The van der Waals surface area contributed by atoms with Crippen LogP contribution in [0.2, 0.25) is 0 Å². The number of fused-ring (bicyclic) bond motifs is 3. The summed E-state index contributed by atoms with van der Waals surface area (Å²) in [5.41, 5.74) is 3.39. The molecule has 0 bridgehead atoms. The van der Waals surface area contributed by atoms with Gasteiger partial charge in [0, 0.05) is 17.4 Å². The van der Waals surface area contributed by atoms with Gasteiger partial charge in [-0.2, -0.15) is 0 Å². The van der Waals surface area contributed by atoms with E-state index < -0.39 is 0 Å². The normalized spacial score (nSPS) is 33.1. The van der Waals surface area contributed by atoms with Crippen molar-refractivity contribution in [1.29, 1.82) is 0 Å². The second-order valence-corrected chi connectivity index (χ2v) is 5.54. The third kappa shape index (κ3) is 1.37. The Morgan fingerprint density at radius 2 is 1.83 bits per heavy atom. The highest BCUT2D eigenvalue weighted by atomic mass is 16.1. The Labute approximate surface area is 108 Å². The highest BCUT2D eigenvalue weighted by molar-refractivity contribution is 6.04. The molecule has 2 aliphatic rings. The van der Waals surface area contributed by atoms with Crippen molar-refractivity contribution >= 4 is 5.78 Å². The summed E-state index contributed by atoms with van der Waals surface area (Å²) in [5.74, 6) is 1.45. The highest BCUT2D eigenvalue weighted by Crippen LogP contribution is 2.55. The second-order valence-electron chi connectivity index (χ2n) is 5.54. The third-order valence-corrected chi connectivity index (χ3v) is 4.59. The van der Waals surface area contributed by atoms with Gasteiger partial charge in [0.05, 0.1) is 0 Å². The van der Waals surface area contributed by atoms with Crippen LogP contribution in [0, 0.1) is 24.7 Å². The van der Waals surface area contributed by atoms with E-state index in [9.17, 15) is 4.79 Å². The molecule has 0 spiro atoms. The fourth-order valence-corrected chi connectivity index (χ4v) is 3.77. The molecule has 0 radical (unpaired) electrons. The van der Waals surface area contributed by atoms with Crippen LogP contribution in [0.1, 0.15) is 33.8 Å². The minimum atomic E-state index is 0.0994. The van der Waals surface area contributed by atoms with E-state index in [1.54, 1.807) is 0 Å². The van der Waals surface area contributed by atoms with Crippen molar-refractivity contribution in [3.8, 4) is 0 Å². The van der Waals surface area contributed by atoms with Crippen molar-refractivity contribution in [1.82, 2.24) is 0 Å². The van der Waals surface area contributed by atoms with Gasteiger partial charge in [-0.3, -0.25) is 4.79 Å². The van der Waals surface area contributed by atoms with Gasteiger partial charge >= 0.3 is 0 Å². The monoisotopic (exact) mass is 238 g/mol. The minimum absolute atomic E-state index is 0.0994. The first-order valence-electron chi connectivity index (χ1n) is 6.57. The largest absolute Gasteiger partial charge is 0.294 e. The molecule has 3 rings (SSSR count). The summed E-state index contributed by atoms with van der Waals surface area (Å²) in [6.45, 7) is 9.93. The van der Waals surface area contributed by atoms with Gasteiger partial charge in [0.2, 0.25) is 0 Å². The lowest BCUT2D eigenvalue weighted by Crippen LogP contribution is -2.15. The number of rotatable bonds is 2. The highest BCUT2D eigenvalue weighted by Gasteiger charge is 2.50. The van der Waals surface area contributed by atoms with E-state index in [1.807, 2.05) is 24.3 Å². The topological polar surface area (TPSA) is 17.1 Å². The van der Waals surface area contributed by atoms with Crippen LogP contribution in [0.5, 0.6) is 0 Å². The summed E-state index contributed by atoms with van der Waals surface area (Å²) in [5, 5.41) is 0. The average Bonchev–Trinajstić information content (AvgIpc) is 2.87. The van der Waals surface area contributed by atoms with E-state index in [1.165, 1.54) is 11.1 Å². The zero-order valence-electron chi connectivity index (χ0n) is 10.7. The Kier molecular flexibility index (Phi) is 2.51. The smallest absolute Gasteiger partial charge is 0.167 e. The molecular weight excluding hydrogens is 220 g/mol. The van der Waals surface area contributed by atoms with E-state index in [-0.39, 0.29) is 5.92 Å². The molecule has 1 aromatic carbocycles. The van der Waals surface area contributed by atoms with Crippen molar-refractivity contribution in [3.05, 3.63) is 60.2 Å². The van der Waals surface area contributed by atoms with Gasteiger partial charge in [-0.25, -0.2) is 0 Å². The molecule has 2 aliphatic carbocycles. The van der Waals surface area contributed by atoms with Crippen LogP contribution < -0.4 is 0 Å². The van der Waals surface area contributed by atoms with E-state index in [2.05, 4.69) is 26.1 Å². The van der Waals surface area contributed by atoms with Crippen molar-refractivity contribution in [2.24, 2.45) is 17.8 Å². The Balaban J connectivity index is 2.16. The quantitative estimate of drug-likeness (QED) is 0.714. The second kappa shape index (κ2) is 3.94. The lowest BCUT2D eigenvalue weighted by molar-refractivity contribution is 0.0913. The van der Waals surface area contributed by atoms with Crippen LogP contribution in [0.4, 0.5) is 0 Å². The first-order chi connectivity index (χ1) is 8.67. The Morgan fingerprint density at radius 3 is 2.50 bits per heavy atom. The van der Waals surface area contributed by atoms with Gasteiger partial charge in [-0.05, 0) is 30.7 Å². The minimum Gasteiger partial charge on any atom is -0.294 e. The van der Waals surface area contributed by atoms with Crippen LogP contribution in [-0.4, -0.2) is 5.78 Å². The first-order valence-corrected chi connectivity index (χ1v) is 6.57. The number of benzene rings is 1. The molecule has 1 saturated carbocycles. The Hall–Kier alpha value is -1.63. The summed E-state index contributed by atoms with van der Waals surface area (Å²) in [4.78, 5) is 12.5. The van der Waals surface area contributed by atoms with Crippen molar-refractivity contribution in [2.75, 3.05) is 0 Å². The number of allylic oxidation sites excluding steroid dienone is 2. The molecular formula is C17H18O. The number of aryl methyl sites for hydroxylation is 1. The molecule has 0 amide bonds. The molecule has 0 aliphatic heterocycles. The summed E-state index contributed by atoms with van der Waals surface area (Å²) in [7, 11) is 0. The number of hydrogen-bond donors (Lipinski definition) is 0. The zero-order valence-corrected chi connectivity index (χ0v) is 10.7. The molecule has 92 valence electrons. The number of carbonyl (C=O) groups is 1. The number of carbonyl (C=O) groups excluding carboxylic acids is 1. The third-order valence-electron chi connectivity index (χ3n) is 4.59. The lowest BCUT2D eigenvalue weighted by Gasteiger charge is -2.16. The maximum atomic E-state index is 12.5. The van der Waals surface area contributed by atoms with E-state index in [4.69, 9.17) is 0 Å². The fraction of sp³-hybridized carbons (Fsp3) is 0.353. The molecule has 0 saturated heterocycles. The summed E-state index contributed by atoms with van der Waals surface area (Å²) in [6.07, 6.45) is 4.99. The number of Topliss-reactive ketones (excluding diaryl/α,β-unsaturated/α-hetero) is 1. The van der Waals surface area contributed by atoms with Gasteiger partial charge in [0.1, 0.15) is 0 Å². The molecule has 4 unspecified atom stereocenters. The molecule has 1 fully saturated rings. The summed E-state index contributed by atoms with van der Waals surface area (Å²) in [6, 6.07) is 6.20. The van der Waals surface area contributed by atoms with Crippen molar-refractivity contribution in [3.63, 3.8) is 0 Å². The Bertz CT molecular complexity index is 541. The van der Waals surface area contributed by atoms with Gasteiger partial charge in [-0.1, -0.05) is 35.9 Å². The van der Waals surface area contributed by atoms with Crippen LogP contribution in [-0.2, 0) is 0 Å². The molecule has 0 aromatic heterocycles. The van der Waals surface area contributed by atoms with Gasteiger partial charge < -0.3 is 0 Å². The molecule has 0 N–H and O–H groups in total. The van der Waals surface area contributed by atoms with Gasteiger partial charge in [-0.15, -0.1) is 13.2 Å². The lowest BCUT2D eigenvalue weighted by atomic mass is 9.86. The molecule has 1 nitrogen and oxygen atoms in total. The fourth-order valence-electron chi connectivity index (χ4n) is 3.77. The Morgan fingerprint density at radius 1 is 1.17 bits per heavy atom. The van der Waals surface area contributed by atoms with E-state index in [0.29, 0.717) is 23.5 Å². The first kappa shape index (κ1) is 11.5. The maximum absolute atomic E-state index is 12.5. The number of hydrogen-bond acceptors (Lipinski definition) is 1. The van der Waals surface area contributed by atoms with Gasteiger partial charge in [0.15, 0.2) is 5.78 Å². The van der Waals surface area contributed by atoms with E-state index >= 15 is 0 Å². The standard InChI is InChI=1S/C17H18O/c1-4-11-9-12(5-2)16-15(11)14-8-10(3)6-7-13(14)17(16)18/h4-8,11-12,15-16H,1-2,9H2,3H3. The molecule has 18 heavy (non-hydrogen) atoms. The van der Waals surface area contributed by atoms with Crippen molar-refractivity contribution < 1.29 is 4.79 Å². The SMILES string of the molecule is C=CC1CC(C=C)C2c3cc(C)ccc3C(=O)C12. The zero-order chi connectivity index (χ0) is 12.9. The molecule has 0 heterocycles. The summed E-state index contributed by atoms with van der Waals surface area (Å²) < 4.78 is 0. The van der Waals surface area contributed by atoms with Crippen molar-refractivity contribution in [2.45, 2.75) is 19.3 Å². The van der Waals surface area contributed by atoms with Crippen LogP contribution in [0.15, 0.2) is 43.5 Å². The number of ketones is 1. The molecule has 1 aromatic rings. The van der Waals surface area contributed by atoms with Gasteiger partial charge in [0.25, 0.3) is 0 Å². The predicted octanol–water partition coefficient (Wildman–Crippen LogP) is 3.90.